The largest absolute Gasteiger partial charge is 0.444 e. The van der Waals surface area contributed by atoms with E-state index >= 15 is 0 Å². The second kappa shape index (κ2) is 7.87. The Morgan fingerprint density at radius 1 is 1.35 bits per heavy atom. The first-order chi connectivity index (χ1) is 12.0. The Balaban J connectivity index is 2.22. The number of hydrogen-bond acceptors (Lipinski definition) is 4. The zero-order valence-corrected chi connectivity index (χ0v) is 16.9. The van der Waals surface area contributed by atoms with Crippen LogP contribution in [0.2, 0.25) is 5.02 Å². The number of rotatable bonds is 2. The summed E-state index contributed by atoms with van der Waals surface area (Å²) >= 11 is 5.93. The van der Waals surface area contributed by atoms with E-state index in [9.17, 15) is 4.79 Å². The molecule has 0 aromatic heterocycles. The Morgan fingerprint density at radius 2 is 1.96 bits per heavy atom. The average molecular weight is 380 g/mol. The molecule has 2 atom stereocenters. The molecule has 1 amide bonds. The van der Waals surface area contributed by atoms with Gasteiger partial charge >= 0.3 is 6.09 Å². The van der Waals surface area contributed by atoms with Crippen molar-refractivity contribution >= 4 is 17.7 Å². The number of hydrogen-bond donors (Lipinski definition) is 0. The summed E-state index contributed by atoms with van der Waals surface area (Å²) in [6, 6.07) is 6.90. The molecule has 1 aromatic rings. The van der Waals surface area contributed by atoms with Crippen LogP contribution in [0.1, 0.15) is 46.3 Å². The predicted molar refractivity (Wildman–Crippen MR) is 101 cm³/mol. The number of amides is 1. The summed E-state index contributed by atoms with van der Waals surface area (Å²) in [6.45, 7) is 9.46. The number of carbonyl (C=O) groups is 1. The fraction of sp³-hybridized carbons (Fsp3) is 0.550. The van der Waals surface area contributed by atoms with Crippen LogP contribution in [-0.2, 0) is 14.2 Å². The molecular formula is C20H26ClNO4. The lowest BCUT2D eigenvalue weighted by Crippen LogP contribution is -2.49. The quantitative estimate of drug-likeness (QED) is 0.714. The zero-order valence-electron chi connectivity index (χ0n) is 16.1. The SMILES string of the molecule is CO[C@H](C#C[C@H]1COC(C)(C)N1C(=O)OC(C)(C)C)c1ccc(Cl)cc1. The maximum Gasteiger partial charge on any atom is 0.413 e. The maximum atomic E-state index is 12.6. The molecule has 0 radical (unpaired) electrons. The number of nitrogens with zero attached hydrogens (tertiary/aromatic N) is 1. The molecule has 0 unspecified atom stereocenters. The minimum atomic E-state index is -0.787. The van der Waals surface area contributed by atoms with Crippen LogP contribution < -0.4 is 0 Å². The molecule has 2 rings (SSSR count). The fourth-order valence-electron chi connectivity index (χ4n) is 2.65. The lowest BCUT2D eigenvalue weighted by Gasteiger charge is -2.33. The molecule has 5 nitrogen and oxygen atoms in total. The minimum absolute atomic E-state index is 0.316. The molecule has 1 saturated heterocycles. The third-order valence-corrected chi connectivity index (χ3v) is 4.12. The van der Waals surface area contributed by atoms with Gasteiger partial charge in [-0.1, -0.05) is 35.6 Å². The van der Waals surface area contributed by atoms with Crippen molar-refractivity contribution in [2.75, 3.05) is 13.7 Å². The highest BCUT2D eigenvalue weighted by Gasteiger charge is 2.45. The van der Waals surface area contributed by atoms with Crippen LogP contribution in [0, 0.1) is 11.8 Å². The molecule has 0 saturated carbocycles. The fourth-order valence-corrected chi connectivity index (χ4v) is 2.78. The van der Waals surface area contributed by atoms with Crippen molar-refractivity contribution < 1.29 is 19.0 Å². The van der Waals surface area contributed by atoms with Crippen LogP contribution in [0.3, 0.4) is 0 Å². The van der Waals surface area contributed by atoms with Gasteiger partial charge in [0.2, 0.25) is 0 Å². The van der Waals surface area contributed by atoms with Crippen LogP contribution in [0.15, 0.2) is 24.3 Å². The van der Waals surface area contributed by atoms with E-state index in [1.165, 1.54) is 0 Å². The monoisotopic (exact) mass is 379 g/mol. The van der Waals surface area contributed by atoms with Crippen LogP contribution in [-0.4, -0.2) is 42.1 Å². The highest BCUT2D eigenvalue weighted by atomic mass is 35.5. The van der Waals surface area contributed by atoms with E-state index in [0.717, 1.165) is 5.56 Å². The van der Waals surface area contributed by atoms with Gasteiger partial charge in [0, 0.05) is 12.1 Å². The molecule has 0 aliphatic carbocycles. The summed E-state index contributed by atoms with van der Waals surface area (Å²) in [5.74, 6) is 6.20. The average Bonchev–Trinajstić information content (AvgIpc) is 2.82. The molecule has 0 N–H and O–H groups in total. The number of halogens is 1. The molecule has 1 fully saturated rings. The first-order valence-corrected chi connectivity index (χ1v) is 8.87. The second-order valence-corrected chi connectivity index (χ2v) is 8.02. The molecule has 6 heteroatoms. The van der Waals surface area contributed by atoms with Gasteiger partial charge in [-0.2, -0.15) is 0 Å². The number of carbonyl (C=O) groups excluding carboxylic acids is 1. The number of methoxy groups -OCH3 is 1. The molecule has 0 spiro atoms. The highest BCUT2D eigenvalue weighted by molar-refractivity contribution is 6.30. The molecule has 1 aliphatic heterocycles. The molecule has 0 bridgehead atoms. The number of benzene rings is 1. The van der Waals surface area contributed by atoms with Crippen molar-refractivity contribution in [2.45, 2.75) is 58.1 Å². The van der Waals surface area contributed by atoms with E-state index in [1.807, 2.05) is 46.8 Å². The van der Waals surface area contributed by atoms with Crippen molar-refractivity contribution in [1.82, 2.24) is 4.90 Å². The van der Waals surface area contributed by atoms with Gasteiger partial charge in [0.25, 0.3) is 0 Å². The first kappa shape index (κ1) is 20.6. The third-order valence-electron chi connectivity index (χ3n) is 3.87. The van der Waals surface area contributed by atoms with Gasteiger partial charge in [0.15, 0.2) is 0 Å². The second-order valence-electron chi connectivity index (χ2n) is 7.58. The summed E-state index contributed by atoms with van der Waals surface area (Å²) in [4.78, 5) is 14.2. The molecule has 1 aromatic carbocycles. The zero-order chi connectivity index (χ0) is 19.5. The highest BCUT2D eigenvalue weighted by Crippen LogP contribution is 2.29. The van der Waals surface area contributed by atoms with Crippen LogP contribution in [0.5, 0.6) is 0 Å². The Kier molecular flexibility index (Phi) is 6.23. The van der Waals surface area contributed by atoms with E-state index in [4.69, 9.17) is 25.8 Å². The Morgan fingerprint density at radius 3 is 2.50 bits per heavy atom. The van der Waals surface area contributed by atoms with Crippen molar-refractivity contribution in [3.63, 3.8) is 0 Å². The Hall–Kier alpha value is -1.74. The lowest BCUT2D eigenvalue weighted by atomic mass is 10.1. The van der Waals surface area contributed by atoms with Gasteiger partial charge in [-0.3, -0.25) is 4.90 Å². The molecule has 142 valence electrons. The summed E-state index contributed by atoms with van der Waals surface area (Å²) in [7, 11) is 1.59. The molecule has 1 aliphatic rings. The van der Waals surface area contributed by atoms with E-state index in [0.29, 0.717) is 11.6 Å². The maximum absolute atomic E-state index is 12.6. The van der Waals surface area contributed by atoms with Crippen LogP contribution in [0.25, 0.3) is 0 Å². The van der Waals surface area contributed by atoms with Crippen molar-refractivity contribution in [3.05, 3.63) is 34.9 Å². The molecule has 1 heterocycles. The minimum Gasteiger partial charge on any atom is -0.444 e. The first-order valence-electron chi connectivity index (χ1n) is 8.49. The topological polar surface area (TPSA) is 48.0 Å². The summed E-state index contributed by atoms with van der Waals surface area (Å²) in [6.07, 6.45) is -0.865. The Bertz CT molecular complexity index is 697. The summed E-state index contributed by atoms with van der Waals surface area (Å²) < 4.78 is 16.7. The van der Waals surface area contributed by atoms with Crippen LogP contribution >= 0.6 is 11.6 Å². The third kappa shape index (κ3) is 5.14. The normalized spacial score (nSPS) is 20.3. The van der Waals surface area contributed by atoms with Gasteiger partial charge < -0.3 is 14.2 Å². The Labute approximate surface area is 160 Å². The van der Waals surface area contributed by atoms with Gasteiger partial charge in [-0.05, 0) is 52.3 Å². The summed E-state index contributed by atoms with van der Waals surface area (Å²) in [5, 5.41) is 0.651. The van der Waals surface area contributed by atoms with Crippen LogP contribution in [0.4, 0.5) is 4.79 Å². The van der Waals surface area contributed by atoms with Crippen molar-refractivity contribution in [2.24, 2.45) is 0 Å². The van der Waals surface area contributed by atoms with E-state index in [1.54, 1.807) is 24.1 Å². The van der Waals surface area contributed by atoms with E-state index in [-0.39, 0.29) is 0 Å². The molecule has 26 heavy (non-hydrogen) atoms. The van der Waals surface area contributed by atoms with Gasteiger partial charge in [-0.15, -0.1) is 0 Å². The predicted octanol–water partition coefficient (Wildman–Crippen LogP) is 4.40. The molecular weight excluding hydrogens is 354 g/mol. The van der Waals surface area contributed by atoms with Crippen molar-refractivity contribution in [1.29, 1.82) is 0 Å². The van der Waals surface area contributed by atoms with E-state index < -0.39 is 29.6 Å². The van der Waals surface area contributed by atoms with Gasteiger partial charge in [0.1, 0.15) is 23.5 Å². The van der Waals surface area contributed by atoms with Gasteiger partial charge in [0.05, 0.1) is 6.61 Å². The van der Waals surface area contributed by atoms with E-state index in [2.05, 4.69) is 11.8 Å². The van der Waals surface area contributed by atoms with Crippen molar-refractivity contribution in [3.8, 4) is 11.8 Å². The lowest BCUT2D eigenvalue weighted by molar-refractivity contribution is -0.0608. The van der Waals surface area contributed by atoms with Gasteiger partial charge in [-0.25, -0.2) is 4.79 Å². The summed E-state index contributed by atoms with van der Waals surface area (Å²) in [5.41, 5.74) is -0.484. The number of ether oxygens (including phenoxy) is 3. The standard InChI is InChI=1S/C20H26ClNO4/c1-19(2,3)26-18(23)22-16(13-25-20(22,4)5)11-12-17(24-6)14-7-9-15(21)10-8-14/h7-10,16-17H,13H2,1-6H3/t16-,17+/m0/s1. The smallest absolute Gasteiger partial charge is 0.413 e.